The average molecular weight is 232 g/mol. The Morgan fingerprint density at radius 3 is 2.40 bits per heavy atom. The van der Waals surface area contributed by atoms with E-state index in [1.807, 2.05) is 0 Å². The Balaban J connectivity index is 2.42. The molecular formula is C11H12ClF2N. The van der Waals surface area contributed by atoms with E-state index in [0.717, 1.165) is 0 Å². The minimum Gasteiger partial charge on any atom is -0.330 e. The van der Waals surface area contributed by atoms with Crippen molar-refractivity contribution < 1.29 is 8.78 Å². The molecule has 0 bridgehead atoms. The first-order valence-electron chi connectivity index (χ1n) is 4.86. The smallest absolute Gasteiger partial charge is 0.281 e. The fourth-order valence-electron chi connectivity index (χ4n) is 1.80. The summed E-state index contributed by atoms with van der Waals surface area (Å²) >= 11 is 5.78. The van der Waals surface area contributed by atoms with Gasteiger partial charge in [0.05, 0.1) is 5.41 Å². The number of alkyl halides is 2. The van der Waals surface area contributed by atoms with Crippen LogP contribution in [0, 0.1) is 5.41 Å². The number of hydrogen-bond acceptors (Lipinski definition) is 1. The van der Waals surface area contributed by atoms with Crippen LogP contribution in [0.2, 0.25) is 5.02 Å². The van der Waals surface area contributed by atoms with Crippen molar-refractivity contribution in [3.63, 3.8) is 0 Å². The zero-order valence-corrected chi connectivity index (χ0v) is 8.90. The summed E-state index contributed by atoms with van der Waals surface area (Å²) in [5.41, 5.74) is 4.26. The summed E-state index contributed by atoms with van der Waals surface area (Å²) in [5.74, 6) is -2.92. The van der Waals surface area contributed by atoms with E-state index in [4.69, 9.17) is 17.3 Å². The molecular weight excluding hydrogens is 220 g/mol. The van der Waals surface area contributed by atoms with Crippen molar-refractivity contribution >= 4 is 11.6 Å². The van der Waals surface area contributed by atoms with Crippen LogP contribution < -0.4 is 5.73 Å². The SMILES string of the molecule is NCC1(C(F)(F)c2ccccc2Cl)CC1. The molecule has 15 heavy (non-hydrogen) atoms. The van der Waals surface area contributed by atoms with Gasteiger partial charge in [-0.1, -0.05) is 29.8 Å². The zero-order chi connectivity index (χ0) is 11.1. The molecule has 1 aliphatic rings. The molecule has 0 aliphatic heterocycles. The van der Waals surface area contributed by atoms with Crippen molar-refractivity contribution in [3.05, 3.63) is 34.9 Å². The van der Waals surface area contributed by atoms with Crippen LogP contribution in [0.15, 0.2) is 24.3 Å². The highest BCUT2D eigenvalue weighted by molar-refractivity contribution is 6.31. The van der Waals surface area contributed by atoms with Crippen molar-refractivity contribution in [2.75, 3.05) is 6.54 Å². The van der Waals surface area contributed by atoms with E-state index in [2.05, 4.69) is 0 Å². The normalized spacial score (nSPS) is 18.9. The maximum Gasteiger partial charge on any atom is 0.281 e. The lowest BCUT2D eigenvalue weighted by molar-refractivity contribution is -0.0761. The van der Waals surface area contributed by atoms with Crippen LogP contribution in [0.4, 0.5) is 8.78 Å². The highest BCUT2D eigenvalue weighted by Crippen LogP contribution is 2.61. The third-order valence-electron chi connectivity index (χ3n) is 3.12. The molecule has 4 heteroatoms. The van der Waals surface area contributed by atoms with E-state index >= 15 is 0 Å². The molecule has 0 spiro atoms. The minimum atomic E-state index is -2.92. The highest BCUT2D eigenvalue weighted by atomic mass is 35.5. The van der Waals surface area contributed by atoms with E-state index in [1.165, 1.54) is 12.1 Å². The highest BCUT2D eigenvalue weighted by Gasteiger charge is 2.62. The fraction of sp³-hybridized carbons (Fsp3) is 0.455. The summed E-state index contributed by atoms with van der Waals surface area (Å²) in [5, 5.41) is 0.113. The van der Waals surface area contributed by atoms with Gasteiger partial charge in [0, 0.05) is 17.1 Å². The van der Waals surface area contributed by atoms with Gasteiger partial charge in [-0.15, -0.1) is 0 Å². The Labute approximate surface area is 92.2 Å². The number of benzene rings is 1. The quantitative estimate of drug-likeness (QED) is 0.850. The summed E-state index contributed by atoms with van der Waals surface area (Å²) < 4.78 is 28.2. The molecule has 0 amide bonds. The molecule has 1 aromatic rings. The Hall–Kier alpha value is -0.670. The predicted molar refractivity (Wildman–Crippen MR) is 56.1 cm³/mol. The first-order chi connectivity index (χ1) is 7.03. The maximum atomic E-state index is 14.1. The standard InChI is InChI=1S/C11H12ClF2N/c12-9-4-2-1-3-8(9)11(13,14)10(7-15)5-6-10/h1-4H,5-7,15H2. The average Bonchev–Trinajstić information content (AvgIpc) is 2.98. The van der Waals surface area contributed by atoms with E-state index in [9.17, 15) is 8.78 Å². The molecule has 0 saturated heterocycles. The van der Waals surface area contributed by atoms with Crippen molar-refractivity contribution in [2.45, 2.75) is 18.8 Å². The second-order valence-corrected chi connectivity index (χ2v) is 4.45. The monoisotopic (exact) mass is 231 g/mol. The second kappa shape index (κ2) is 3.42. The summed E-state index contributed by atoms with van der Waals surface area (Å²) in [7, 11) is 0. The van der Waals surface area contributed by atoms with Gasteiger partial charge < -0.3 is 5.73 Å². The van der Waals surface area contributed by atoms with Crippen molar-refractivity contribution in [3.8, 4) is 0 Å². The Morgan fingerprint density at radius 1 is 1.33 bits per heavy atom. The lowest BCUT2D eigenvalue weighted by Crippen LogP contribution is -2.34. The van der Waals surface area contributed by atoms with Gasteiger partial charge in [0.15, 0.2) is 0 Å². The molecule has 0 unspecified atom stereocenters. The number of halogens is 3. The first-order valence-corrected chi connectivity index (χ1v) is 5.24. The zero-order valence-electron chi connectivity index (χ0n) is 8.14. The van der Waals surface area contributed by atoms with Crippen LogP contribution in [0.5, 0.6) is 0 Å². The van der Waals surface area contributed by atoms with E-state index < -0.39 is 11.3 Å². The minimum absolute atomic E-state index is 0.00518. The summed E-state index contributed by atoms with van der Waals surface area (Å²) in [4.78, 5) is 0. The maximum absolute atomic E-state index is 14.1. The number of nitrogens with two attached hydrogens (primary N) is 1. The van der Waals surface area contributed by atoms with Gasteiger partial charge in [-0.25, -0.2) is 8.78 Å². The van der Waals surface area contributed by atoms with Crippen molar-refractivity contribution in [1.82, 2.24) is 0 Å². The van der Waals surface area contributed by atoms with Crippen LogP contribution in [0.25, 0.3) is 0 Å². The third kappa shape index (κ3) is 1.54. The van der Waals surface area contributed by atoms with Gasteiger partial charge >= 0.3 is 0 Å². The molecule has 1 aliphatic carbocycles. The molecule has 2 rings (SSSR count). The van der Waals surface area contributed by atoms with Gasteiger partial charge in [0.25, 0.3) is 5.92 Å². The van der Waals surface area contributed by atoms with Gasteiger partial charge in [-0.05, 0) is 18.9 Å². The predicted octanol–water partition coefficient (Wildman–Crippen LogP) is 3.17. The second-order valence-electron chi connectivity index (χ2n) is 4.04. The Bertz CT molecular complexity index is 375. The van der Waals surface area contributed by atoms with Gasteiger partial charge in [-0.3, -0.25) is 0 Å². The van der Waals surface area contributed by atoms with E-state index in [0.29, 0.717) is 12.8 Å². The summed E-state index contributed by atoms with van der Waals surface area (Å²) in [6.45, 7) is 0.00518. The summed E-state index contributed by atoms with van der Waals surface area (Å²) in [6.07, 6.45) is 0.948. The molecule has 1 fully saturated rings. The third-order valence-corrected chi connectivity index (χ3v) is 3.45. The molecule has 1 nitrogen and oxygen atoms in total. The lowest BCUT2D eigenvalue weighted by Gasteiger charge is -2.26. The number of rotatable bonds is 3. The van der Waals surface area contributed by atoms with Gasteiger partial charge in [0.1, 0.15) is 0 Å². The topological polar surface area (TPSA) is 26.0 Å². The fourth-order valence-corrected chi connectivity index (χ4v) is 2.05. The van der Waals surface area contributed by atoms with Crippen LogP contribution in [-0.2, 0) is 5.92 Å². The molecule has 2 N–H and O–H groups in total. The van der Waals surface area contributed by atoms with Crippen molar-refractivity contribution in [1.29, 1.82) is 0 Å². The van der Waals surface area contributed by atoms with Crippen LogP contribution in [-0.4, -0.2) is 6.54 Å². The molecule has 0 atom stereocenters. The Kier molecular flexibility index (Phi) is 2.47. The molecule has 1 saturated carbocycles. The molecule has 1 aromatic carbocycles. The number of hydrogen-bond donors (Lipinski definition) is 1. The van der Waals surface area contributed by atoms with Crippen LogP contribution in [0.1, 0.15) is 18.4 Å². The molecule has 0 radical (unpaired) electrons. The van der Waals surface area contributed by atoms with Crippen LogP contribution in [0.3, 0.4) is 0 Å². The van der Waals surface area contributed by atoms with Gasteiger partial charge in [-0.2, -0.15) is 0 Å². The van der Waals surface area contributed by atoms with Gasteiger partial charge in [0.2, 0.25) is 0 Å². The van der Waals surface area contributed by atoms with Crippen LogP contribution >= 0.6 is 11.6 Å². The molecule has 82 valence electrons. The summed E-state index contributed by atoms with van der Waals surface area (Å²) in [6, 6.07) is 6.07. The molecule has 0 aromatic heterocycles. The lowest BCUT2D eigenvalue weighted by atomic mass is 9.91. The van der Waals surface area contributed by atoms with E-state index in [1.54, 1.807) is 12.1 Å². The Morgan fingerprint density at radius 2 is 1.93 bits per heavy atom. The first kappa shape index (κ1) is 10.8. The van der Waals surface area contributed by atoms with Crippen molar-refractivity contribution in [2.24, 2.45) is 11.1 Å². The largest absolute Gasteiger partial charge is 0.330 e. The van der Waals surface area contributed by atoms with E-state index in [-0.39, 0.29) is 17.1 Å². The molecule has 0 heterocycles.